The summed E-state index contributed by atoms with van der Waals surface area (Å²) >= 11 is 0. The number of aromatic nitrogens is 1. The molecular weight excluding hydrogens is 156 g/mol. The molecular formula is C8H6N2O2. The van der Waals surface area contributed by atoms with E-state index in [4.69, 9.17) is 9.62 Å². The van der Waals surface area contributed by atoms with E-state index in [0.717, 1.165) is 5.52 Å². The molecule has 0 bridgehead atoms. The molecule has 4 nitrogen and oxygen atoms in total. The maximum absolute atomic E-state index is 8.23. The number of nitrogens with zero attached hydrogens (tertiary/aromatic N) is 2. The van der Waals surface area contributed by atoms with Gasteiger partial charge in [-0.15, -0.1) is 0 Å². The molecule has 0 amide bonds. The second-order valence-corrected chi connectivity index (χ2v) is 2.28. The number of rotatable bonds is 1. The Labute approximate surface area is 68.1 Å². The maximum Gasteiger partial charge on any atom is 0.153 e. The normalized spacial score (nSPS) is 11.3. The van der Waals surface area contributed by atoms with E-state index in [0.29, 0.717) is 11.3 Å². The van der Waals surface area contributed by atoms with Gasteiger partial charge in [0.15, 0.2) is 11.3 Å². The summed E-state index contributed by atoms with van der Waals surface area (Å²) in [6, 6.07) is 5.29. The molecule has 0 saturated heterocycles. The number of hydrogen-bond donors (Lipinski definition) is 1. The zero-order valence-corrected chi connectivity index (χ0v) is 6.14. The van der Waals surface area contributed by atoms with E-state index in [1.54, 1.807) is 24.4 Å². The van der Waals surface area contributed by atoms with Crippen molar-refractivity contribution in [2.45, 2.75) is 0 Å². The fraction of sp³-hybridized carbons (Fsp3) is 0. The topological polar surface area (TPSA) is 58.6 Å². The molecule has 0 saturated carbocycles. The number of furan rings is 1. The summed E-state index contributed by atoms with van der Waals surface area (Å²) in [5.41, 5.74) is 1.44. The first-order valence-corrected chi connectivity index (χ1v) is 3.42. The van der Waals surface area contributed by atoms with Crippen molar-refractivity contribution in [1.29, 1.82) is 0 Å². The van der Waals surface area contributed by atoms with Crippen LogP contribution in [0.25, 0.3) is 11.1 Å². The molecule has 4 heteroatoms. The zero-order valence-electron chi connectivity index (χ0n) is 6.14. The van der Waals surface area contributed by atoms with Gasteiger partial charge in [0.1, 0.15) is 11.7 Å². The summed E-state index contributed by atoms with van der Waals surface area (Å²) < 4.78 is 5.24. The van der Waals surface area contributed by atoms with Gasteiger partial charge in [0.2, 0.25) is 0 Å². The molecule has 0 aromatic carbocycles. The quantitative estimate of drug-likeness (QED) is 0.394. The molecule has 2 aromatic rings. The Morgan fingerprint density at radius 2 is 2.50 bits per heavy atom. The predicted molar refractivity (Wildman–Crippen MR) is 43.4 cm³/mol. The SMILES string of the molecule is ON=Cc1cc2ncccc2o1. The highest BCUT2D eigenvalue weighted by Crippen LogP contribution is 2.14. The standard InChI is InChI=1S/C8H6N2O2/c11-10-5-6-4-7-8(12-6)2-1-3-9-7/h1-5,11H. The summed E-state index contributed by atoms with van der Waals surface area (Å²) in [5.74, 6) is 0.492. The fourth-order valence-corrected chi connectivity index (χ4v) is 1.01. The Morgan fingerprint density at radius 1 is 1.58 bits per heavy atom. The third-order valence-electron chi connectivity index (χ3n) is 1.49. The molecule has 0 unspecified atom stereocenters. The lowest BCUT2D eigenvalue weighted by Crippen LogP contribution is -1.71. The predicted octanol–water partition coefficient (Wildman–Crippen LogP) is 1.64. The van der Waals surface area contributed by atoms with Crippen LogP contribution in [0.1, 0.15) is 5.76 Å². The van der Waals surface area contributed by atoms with Crippen LogP contribution in [-0.4, -0.2) is 16.4 Å². The molecule has 0 radical (unpaired) electrons. The van der Waals surface area contributed by atoms with Gasteiger partial charge in [-0.1, -0.05) is 5.16 Å². The first-order chi connectivity index (χ1) is 5.90. The summed E-state index contributed by atoms with van der Waals surface area (Å²) in [7, 11) is 0. The van der Waals surface area contributed by atoms with Crippen molar-refractivity contribution in [3.63, 3.8) is 0 Å². The van der Waals surface area contributed by atoms with Crippen molar-refractivity contribution in [3.8, 4) is 0 Å². The van der Waals surface area contributed by atoms with E-state index >= 15 is 0 Å². The van der Waals surface area contributed by atoms with Crippen molar-refractivity contribution < 1.29 is 9.62 Å². The molecule has 60 valence electrons. The average Bonchev–Trinajstić information content (AvgIpc) is 2.47. The zero-order chi connectivity index (χ0) is 8.39. The highest BCUT2D eigenvalue weighted by Gasteiger charge is 2.00. The van der Waals surface area contributed by atoms with Crippen LogP contribution in [0.15, 0.2) is 34.0 Å². The van der Waals surface area contributed by atoms with E-state index in [9.17, 15) is 0 Å². The lowest BCUT2D eigenvalue weighted by atomic mass is 10.4. The van der Waals surface area contributed by atoms with Crippen LogP contribution in [0.5, 0.6) is 0 Å². The van der Waals surface area contributed by atoms with Crippen LogP contribution in [0.4, 0.5) is 0 Å². The number of oxime groups is 1. The summed E-state index contributed by atoms with van der Waals surface area (Å²) in [4.78, 5) is 4.05. The highest BCUT2D eigenvalue weighted by molar-refractivity contribution is 5.84. The molecule has 2 aromatic heterocycles. The Balaban J connectivity index is 2.62. The first-order valence-electron chi connectivity index (χ1n) is 3.42. The lowest BCUT2D eigenvalue weighted by Gasteiger charge is -1.81. The molecule has 0 aliphatic heterocycles. The van der Waals surface area contributed by atoms with Gasteiger partial charge in [-0.05, 0) is 12.1 Å². The van der Waals surface area contributed by atoms with Gasteiger partial charge in [0.25, 0.3) is 0 Å². The second kappa shape index (κ2) is 2.65. The molecule has 0 aliphatic rings. The van der Waals surface area contributed by atoms with E-state index in [1.807, 2.05) is 0 Å². The average molecular weight is 162 g/mol. The van der Waals surface area contributed by atoms with Crippen molar-refractivity contribution in [2.24, 2.45) is 5.16 Å². The van der Waals surface area contributed by atoms with Gasteiger partial charge in [-0.2, -0.15) is 0 Å². The smallest absolute Gasteiger partial charge is 0.153 e. The first kappa shape index (κ1) is 6.84. The largest absolute Gasteiger partial charge is 0.453 e. The summed E-state index contributed by atoms with van der Waals surface area (Å²) in [6.45, 7) is 0. The minimum atomic E-state index is 0.492. The molecule has 0 aliphatic carbocycles. The van der Waals surface area contributed by atoms with E-state index in [1.165, 1.54) is 6.21 Å². The number of fused-ring (bicyclic) bond motifs is 1. The van der Waals surface area contributed by atoms with Gasteiger partial charge < -0.3 is 9.62 Å². The van der Waals surface area contributed by atoms with Gasteiger partial charge in [0, 0.05) is 12.3 Å². The van der Waals surface area contributed by atoms with Gasteiger partial charge in [-0.3, -0.25) is 4.98 Å². The summed E-state index contributed by atoms with van der Waals surface area (Å²) in [6.07, 6.45) is 2.90. The van der Waals surface area contributed by atoms with Crippen molar-refractivity contribution >= 4 is 17.3 Å². The lowest BCUT2D eigenvalue weighted by molar-refractivity contribution is 0.321. The monoisotopic (exact) mass is 162 g/mol. The van der Waals surface area contributed by atoms with Gasteiger partial charge in [0.05, 0.1) is 0 Å². The Hall–Kier alpha value is -1.84. The number of pyridine rings is 1. The minimum Gasteiger partial charge on any atom is -0.453 e. The van der Waals surface area contributed by atoms with Crippen LogP contribution in [0.2, 0.25) is 0 Å². The van der Waals surface area contributed by atoms with Crippen LogP contribution in [0, 0.1) is 0 Å². The molecule has 2 heterocycles. The summed E-state index contributed by atoms with van der Waals surface area (Å²) in [5, 5.41) is 11.1. The Kier molecular flexibility index (Phi) is 1.51. The molecule has 0 spiro atoms. The van der Waals surface area contributed by atoms with E-state index < -0.39 is 0 Å². The Bertz CT molecular complexity index is 387. The molecule has 0 fully saturated rings. The number of hydrogen-bond acceptors (Lipinski definition) is 4. The van der Waals surface area contributed by atoms with Crippen molar-refractivity contribution in [1.82, 2.24) is 4.98 Å². The molecule has 2 rings (SSSR count). The Morgan fingerprint density at radius 3 is 3.25 bits per heavy atom. The third kappa shape index (κ3) is 1.03. The van der Waals surface area contributed by atoms with Crippen LogP contribution in [-0.2, 0) is 0 Å². The van der Waals surface area contributed by atoms with E-state index in [2.05, 4.69) is 10.1 Å². The van der Waals surface area contributed by atoms with E-state index in [-0.39, 0.29) is 0 Å². The highest BCUT2D eigenvalue weighted by atomic mass is 16.4. The molecule has 1 N–H and O–H groups in total. The molecule has 0 atom stereocenters. The van der Waals surface area contributed by atoms with Gasteiger partial charge >= 0.3 is 0 Å². The second-order valence-electron chi connectivity index (χ2n) is 2.28. The maximum atomic E-state index is 8.23. The minimum absolute atomic E-state index is 0.492. The third-order valence-corrected chi connectivity index (χ3v) is 1.49. The fourth-order valence-electron chi connectivity index (χ4n) is 1.01. The van der Waals surface area contributed by atoms with Crippen molar-refractivity contribution in [3.05, 3.63) is 30.2 Å². The van der Waals surface area contributed by atoms with Crippen LogP contribution in [0.3, 0.4) is 0 Å². The molecule has 12 heavy (non-hydrogen) atoms. The van der Waals surface area contributed by atoms with Crippen LogP contribution < -0.4 is 0 Å². The van der Waals surface area contributed by atoms with Crippen LogP contribution >= 0.6 is 0 Å². The van der Waals surface area contributed by atoms with Crippen molar-refractivity contribution in [2.75, 3.05) is 0 Å². The van der Waals surface area contributed by atoms with Gasteiger partial charge in [-0.25, -0.2) is 0 Å².